The summed E-state index contributed by atoms with van der Waals surface area (Å²) in [4.78, 5) is 26.6. The fourth-order valence-corrected chi connectivity index (χ4v) is 3.71. The van der Waals surface area contributed by atoms with Gasteiger partial charge in [0, 0.05) is 37.5 Å². The van der Waals surface area contributed by atoms with Crippen LogP contribution < -0.4 is 5.32 Å². The second-order valence-electron chi connectivity index (χ2n) is 6.73. The Morgan fingerprint density at radius 3 is 2.75 bits per heavy atom. The standard InChI is InChI=1S/C19H26N2O2.ClH/c1-20-17-6-3-11-21(13-17)19(23)10-9-18(22)16-8-7-14-4-2-5-15(14)12-16;/h7-8,12,17,20H,2-6,9-11,13H2,1H3;1H. The summed E-state index contributed by atoms with van der Waals surface area (Å²) in [5.41, 5.74) is 3.46. The number of aryl methyl sites for hydroxylation is 2. The number of carbonyl (C=O) groups is 2. The van der Waals surface area contributed by atoms with Crippen molar-refractivity contribution in [3.05, 3.63) is 34.9 Å². The molecule has 1 N–H and O–H groups in total. The van der Waals surface area contributed by atoms with Crippen molar-refractivity contribution in [2.24, 2.45) is 0 Å². The van der Waals surface area contributed by atoms with E-state index in [0.717, 1.165) is 44.3 Å². The van der Waals surface area contributed by atoms with E-state index in [2.05, 4.69) is 11.4 Å². The summed E-state index contributed by atoms with van der Waals surface area (Å²) in [6.07, 6.45) is 6.19. The highest BCUT2D eigenvalue weighted by molar-refractivity contribution is 5.98. The predicted octanol–water partition coefficient (Wildman–Crippen LogP) is 2.77. The molecule has 1 unspecified atom stereocenters. The van der Waals surface area contributed by atoms with Gasteiger partial charge < -0.3 is 10.2 Å². The third-order valence-electron chi connectivity index (χ3n) is 5.17. The molecule has 1 aromatic carbocycles. The van der Waals surface area contributed by atoms with Gasteiger partial charge in [-0.15, -0.1) is 12.4 Å². The number of halogens is 1. The van der Waals surface area contributed by atoms with Crippen LogP contribution in [-0.4, -0.2) is 42.8 Å². The van der Waals surface area contributed by atoms with Crippen LogP contribution in [0.4, 0.5) is 0 Å². The van der Waals surface area contributed by atoms with Crippen LogP contribution in [0, 0.1) is 0 Å². The molecular weight excluding hydrogens is 324 g/mol. The molecule has 0 radical (unpaired) electrons. The van der Waals surface area contributed by atoms with Gasteiger partial charge in [0.25, 0.3) is 0 Å². The van der Waals surface area contributed by atoms with E-state index in [9.17, 15) is 9.59 Å². The number of piperidine rings is 1. The van der Waals surface area contributed by atoms with Gasteiger partial charge in [0.1, 0.15) is 0 Å². The van der Waals surface area contributed by atoms with Crippen LogP contribution in [0.25, 0.3) is 0 Å². The van der Waals surface area contributed by atoms with E-state index in [1.165, 1.54) is 17.5 Å². The quantitative estimate of drug-likeness (QED) is 0.831. The number of amides is 1. The van der Waals surface area contributed by atoms with E-state index in [0.29, 0.717) is 18.9 Å². The summed E-state index contributed by atoms with van der Waals surface area (Å²) in [6, 6.07) is 6.43. The first kappa shape index (κ1) is 18.9. The summed E-state index contributed by atoms with van der Waals surface area (Å²) in [7, 11) is 1.94. The molecule has 0 spiro atoms. The lowest BCUT2D eigenvalue weighted by Crippen LogP contribution is -2.47. The van der Waals surface area contributed by atoms with Gasteiger partial charge in [-0.05, 0) is 56.3 Å². The number of benzene rings is 1. The number of nitrogens with one attached hydrogen (secondary N) is 1. The van der Waals surface area contributed by atoms with E-state index < -0.39 is 0 Å². The summed E-state index contributed by atoms with van der Waals surface area (Å²) in [6.45, 7) is 1.59. The Morgan fingerprint density at radius 1 is 1.17 bits per heavy atom. The molecule has 2 aliphatic rings. The van der Waals surface area contributed by atoms with Gasteiger partial charge in [-0.3, -0.25) is 9.59 Å². The molecule has 1 amide bonds. The van der Waals surface area contributed by atoms with Crippen LogP contribution in [0.15, 0.2) is 18.2 Å². The van der Waals surface area contributed by atoms with Crippen molar-refractivity contribution < 1.29 is 9.59 Å². The average molecular weight is 351 g/mol. The summed E-state index contributed by atoms with van der Waals surface area (Å²) in [5.74, 6) is 0.203. The fraction of sp³-hybridized carbons (Fsp3) is 0.579. The number of rotatable bonds is 5. The smallest absolute Gasteiger partial charge is 0.223 e. The average Bonchev–Trinajstić information content (AvgIpc) is 3.07. The first-order valence-corrected chi connectivity index (χ1v) is 8.77. The van der Waals surface area contributed by atoms with Crippen LogP contribution in [0.3, 0.4) is 0 Å². The molecule has 3 rings (SSSR count). The van der Waals surface area contributed by atoms with Crippen LogP contribution in [0.5, 0.6) is 0 Å². The van der Waals surface area contributed by atoms with Gasteiger partial charge in [-0.2, -0.15) is 0 Å². The summed E-state index contributed by atoms with van der Waals surface area (Å²) in [5, 5.41) is 3.24. The molecule has 1 atom stereocenters. The first-order chi connectivity index (χ1) is 11.2. The number of carbonyl (C=O) groups excluding carboxylic acids is 2. The second kappa shape index (κ2) is 8.63. The van der Waals surface area contributed by atoms with Crippen molar-refractivity contribution in [2.75, 3.05) is 20.1 Å². The molecule has 0 bridgehead atoms. The number of hydrogen-bond acceptors (Lipinski definition) is 3. The Labute approximate surface area is 150 Å². The van der Waals surface area contributed by atoms with E-state index in [4.69, 9.17) is 0 Å². The van der Waals surface area contributed by atoms with Crippen molar-refractivity contribution >= 4 is 24.1 Å². The Bertz CT molecular complexity index is 603. The van der Waals surface area contributed by atoms with E-state index in [1.54, 1.807) is 0 Å². The second-order valence-corrected chi connectivity index (χ2v) is 6.73. The fourth-order valence-electron chi connectivity index (χ4n) is 3.71. The lowest BCUT2D eigenvalue weighted by atomic mass is 10.0. The van der Waals surface area contributed by atoms with E-state index >= 15 is 0 Å². The van der Waals surface area contributed by atoms with Crippen molar-refractivity contribution in [3.8, 4) is 0 Å². The maximum absolute atomic E-state index is 12.4. The molecule has 1 aliphatic heterocycles. The van der Waals surface area contributed by atoms with Crippen molar-refractivity contribution in [3.63, 3.8) is 0 Å². The van der Waals surface area contributed by atoms with Gasteiger partial charge in [0.05, 0.1) is 0 Å². The third kappa shape index (κ3) is 4.37. The topological polar surface area (TPSA) is 49.4 Å². The van der Waals surface area contributed by atoms with Gasteiger partial charge in [0.15, 0.2) is 5.78 Å². The molecule has 1 aromatic rings. The third-order valence-corrected chi connectivity index (χ3v) is 5.17. The number of ketones is 1. The van der Waals surface area contributed by atoms with Crippen LogP contribution in [-0.2, 0) is 17.6 Å². The highest BCUT2D eigenvalue weighted by atomic mass is 35.5. The molecule has 1 saturated heterocycles. The number of fused-ring (bicyclic) bond motifs is 1. The summed E-state index contributed by atoms with van der Waals surface area (Å²) < 4.78 is 0. The van der Waals surface area contributed by atoms with E-state index in [1.807, 2.05) is 24.1 Å². The lowest BCUT2D eigenvalue weighted by molar-refractivity contribution is -0.132. The van der Waals surface area contributed by atoms with Gasteiger partial charge in [-0.1, -0.05) is 12.1 Å². The Kier molecular flexibility index (Phi) is 6.81. The predicted molar refractivity (Wildman–Crippen MR) is 97.9 cm³/mol. The monoisotopic (exact) mass is 350 g/mol. The van der Waals surface area contributed by atoms with Crippen LogP contribution in [0.1, 0.15) is 53.6 Å². The van der Waals surface area contributed by atoms with Crippen LogP contribution in [0.2, 0.25) is 0 Å². The zero-order valence-electron chi connectivity index (χ0n) is 14.3. The molecule has 5 heteroatoms. The zero-order valence-corrected chi connectivity index (χ0v) is 15.2. The van der Waals surface area contributed by atoms with E-state index in [-0.39, 0.29) is 24.1 Å². The van der Waals surface area contributed by atoms with Gasteiger partial charge >= 0.3 is 0 Å². The maximum atomic E-state index is 12.4. The number of likely N-dealkylation sites (N-methyl/N-ethyl adjacent to an activating group) is 1. The normalized spacial score (nSPS) is 19.5. The molecule has 24 heavy (non-hydrogen) atoms. The Hall–Kier alpha value is -1.39. The minimum Gasteiger partial charge on any atom is -0.341 e. The Balaban J connectivity index is 0.00000208. The molecule has 1 fully saturated rings. The molecular formula is C19H27ClN2O2. The highest BCUT2D eigenvalue weighted by Crippen LogP contribution is 2.23. The molecule has 132 valence electrons. The van der Waals surface area contributed by atoms with Gasteiger partial charge in [-0.25, -0.2) is 0 Å². The molecule has 1 aliphatic carbocycles. The number of hydrogen-bond donors (Lipinski definition) is 1. The number of Topliss-reactive ketones (excluding diaryl/α,β-unsaturated/α-hetero) is 1. The number of nitrogens with zero attached hydrogens (tertiary/aromatic N) is 1. The largest absolute Gasteiger partial charge is 0.341 e. The van der Waals surface area contributed by atoms with Crippen molar-refractivity contribution in [1.29, 1.82) is 0 Å². The minimum atomic E-state index is 0. The molecule has 0 saturated carbocycles. The first-order valence-electron chi connectivity index (χ1n) is 8.77. The van der Waals surface area contributed by atoms with Crippen molar-refractivity contribution in [2.45, 2.75) is 51.0 Å². The zero-order chi connectivity index (χ0) is 16.2. The SMILES string of the molecule is CNC1CCCN(C(=O)CCC(=O)c2ccc3c(c2)CCC3)C1.Cl. The molecule has 1 heterocycles. The summed E-state index contributed by atoms with van der Waals surface area (Å²) >= 11 is 0. The van der Waals surface area contributed by atoms with Gasteiger partial charge in [0.2, 0.25) is 5.91 Å². The van der Waals surface area contributed by atoms with Crippen LogP contribution >= 0.6 is 12.4 Å². The number of likely N-dealkylation sites (tertiary alicyclic amines) is 1. The van der Waals surface area contributed by atoms with Crippen molar-refractivity contribution in [1.82, 2.24) is 10.2 Å². The molecule has 0 aromatic heterocycles. The minimum absolute atomic E-state index is 0. The lowest BCUT2D eigenvalue weighted by Gasteiger charge is -2.32. The highest BCUT2D eigenvalue weighted by Gasteiger charge is 2.23. The maximum Gasteiger partial charge on any atom is 0.223 e. The molecule has 4 nitrogen and oxygen atoms in total. The Morgan fingerprint density at radius 2 is 1.96 bits per heavy atom.